The number of halogens is 1. The number of nitrogen functional groups attached to an aromatic ring is 1. The molecule has 1 amide bonds. The molecule has 3 aromatic rings. The molecule has 0 aliphatic heterocycles. The van der Waals surface area contributed by atoms with Crippen molar-refractivity contribution in [3.63, 3.8) is 0 Å². The summed E-state index contributed by atoms with van der Waals surface area (Å²) in [6.07, 6.45) is 1.78. The summed E-state index contributed by atoms with van der Waals surface area (Å²) in [5.74, 6) is 5.02. The Balaban J connectivity index is 1.92. The third-order valence-corrected chi connectivity index (χ3v) is 3.10. The summed E-state index contributed by atoms with van der Waals surface area (Å²) in [5, 5.41) is 0.555. The zero-order valence-corrected chi connectivity index (χ0v) is 10.5. The number of nitrogens with one attached hydrogen (secondary N) is 1. The van der Waals surface area contributed by atoms with Gasteiger partial charge in [-0.2, -0.15) is 0 Å². The fraction of sp³-hybridized carbons (Fsp3) is 0.0714. The lowest BCUT2D eigenvalue weighted by Crippen LogP contribution is -2.29. The number of fused-ring (bicyclic) bond motifs is 1. The second-order valence-corrected chi connectivity index (χ2v) is 4.36. The van der Waals surface area contributed by atoms with Crippen LogP contribution in [0.15, 0.2) is 47.0 Å². The molecule has 20 heavy (non-hydrogen) atoms. The van der Waals surface area contributed by atoms with Gasteiger partial charge in [0.25, 0.3) is 0 Å². The van der Waals surface area contributed by atoms with E-state index in [9.17, 15) is 9.18 Å². The highest BCUT2D eigenvalue weighted by atomic mass is 19.1. The van der Waals surface area contributed by atoms with Crippen LogP contribution in [-0.4, -0.2) is 10.5 Å². The lowest BCUT2D eigenvalue weighted by molar-refractivity contribution is 0.0924. The van der Waals surface area contributed by atoms with Gasteiger partial charge >= 0.3 is 5.91 Å². The summed E-state index contributed by atoms with van der Waals surface area (Å²) >= 11 is 0. The van der Waals surface area contributed by atoms with Crippen LogP contribution in [0.4, 0.5) is 4.39 Å². The zero-order valence-electron chi connectivity index (χ0n) is 10.5. The summed E-state index contributed by atoms with van der Waals surface area (Å²) in [5.41, 5.74) is 2.77. The molecule has 0 saturated carbocycles. The highest BCUT2D eigenvalue weighted by molar-refractivity contribution is 5.90. The smallest absolute Gasteiger partial charge is 0.300 e. The number of furan rings is 1. The van der Waals surface area contributed by atoms with E-state index >= 15 is 0 Å². The van der Waals surface area contributed by atoms with E-state index in [0.29, 0.717) is 17.7 Å². The number of carbonyl (C=O) groups is 1. The first-order chi connectivity index (χ1) is 9.69. The molecule has 0 spiro atoms. The second-order valence-electron chi connectivity index (χ2n) is 4.36. The molecular weight excluding hydrogens is 261 g/mol. The summed E-state index contributed by atoms with van der Waals surface area (Å²) in [7, 11) is 0. The lowest BCUT2D eigenvalue weighted by atomic mass is 10.2. The van der Waals surface area contributed by atoms with Crippen molar-refractivity contribution in [1.29, 1.82) is 0 Å². The quantitative estimate of drug-likeness (QED) is 0.435. The normalized spacial score (nSPS) is 10.9. The molecule has 0 atom stereocenters. The van der Waals surface area contributed by atoms with Gasteiger partial charge in [0.05, 0.1) is 12.1 Å². The van der Waals surface area contributed by atoms with Gasteiger partial charge < -0.3 is 8.98 Å². The van der Waals surface area contributed by atoms with Crippen molar-refractivity contribution in [1.82, 2.24) is 9.99 Å². The Kier molecular flexibility index (Phi) is 3.00. The maximum atomic E-state index is 13.6. The predicted molar refractivity (Wildman–Crippen MR) is 71.4 cm³/mol. The highest BCUT2D eigenvalue weighted by Gasteiger charge is 2.11. The Hall–Kier alpha value is -2.60. The van der Waals surface area contributed by atoms with Crippen LogP contribution in [0.1, 0.15) is 16.3 Å². The highest BCUT2D eigenvalue weighted by Crippen LogP contribution is 2.20. The third kappa shape index (κ3) is 2.06. The molecule has 1 aromatic carbocycles. The van der Waals surface area contributed by atoms with Crippen LogP contribution in [-0.2, 0) is 6.54 Å². The lowest BCUT2D eigenvalue weighted by Gasteiger charge is -2.03. The molecule has 0 radical (unpaired) electrons. The minimum atomic E-state index is -0.486. The van der Waals surface area contributed by atoms with Gasteiger partial charge in [0.2, 0.25) is 0 Å². The molecule has 3 N–H and O–H groups in total. The number of hydrazine groups is 1. The molecular formula is C14H12FN3O2. The van der Waals surface area contributed by atoms with E-state index in [2.05, 4.69) is 0 Å². The fourth-order valence-electron chi connectivity index (χ4n) is 2.15. The molecule has 102 valence electrons. The van der Waals surface area contributed by atoms with Gasteiger partial charge in [-0.15, -0.1) is 0 Å². The number of hydrogen-bond donors (Lipinski definition) is 2. The van der Waals surface area contributed by atoms with Crippen LogP contribution in [0.2, 0.25) is 0 Å². The van der Waals surface area contributed by atoms with Gasteiger partial charge in [-0.3, -0.25) is 10.2 Å². The molecule has 0 unspecified atom stereocenters. The fourth-order valence-corrected chi connectivity index (χ4v) is 2.15. The Morgan fingerprint density at radius 3 is 2.95 bits per heavy atom. The summed E-state index contributed by atoms with van der Waals surface area (Å²) in [6.45, 7) is 0.408. The van der Waals surface area contributed by atoms with Crippen molar-refractivity contribution >= 4 is 16.8 Å². The van der Waals surface area contributed by atoms with Crippen LogP contribution < -0.4 is 11.3 Å². The largest absolute Gasteiger partial charge is 0.454 e. The predicted octanol–water partition coefficient (Wildman–Crippen LogP) is 2.03. The van der Waals surface area contributed by atoms with Crippen LogP contribution in [0, 0.1) is 5.82 Å². The Morgan fingerprint density at radius 2 is 2.15 bits per heavy atom. The standard InChI is InChI=1S/C14H12FN3O2/c15-11-2-1-3-12-10(11)6-7-18(12)8-9-4-5-13(20-9)14(19)17-16/h1-7H,8,16H2,(H,17,19). The number of hydrogen-bond acceptors (Lipinski definition) is 3. The van der Waals surface area contributed by atoms with Gasteiger partial charge in [-0.1, -0.05) is 6.07 Å². The molecule has 0 bridgehead atoms. The van der Waals surface area contributed by atoms with Crippen LogP contribution in [0.5, 0.6) is 0 Å². The maximum Gasteiger partial charge on any atom is 0.300 e. The van der Waals surface area contributed by atoms with Crippen molar-refractivity contribution < 1.29 is 13.6 Å². The Labute approximate surface area is 113 Å². The zero-order chi connectivity index (χ0) is 14.1. The molecule has 2 heterocycles. The number of nitrogens with zero attached hydrogens (tertiary/aromatic N) is 1. The number of aromatic nitrogens is 1. The molecule has 0 saturated heterocycles. The van der Waals surface area contributed by atoms with Crippen molar-refractivity contribution in [2.75, 3.05) is 0 Å². The number of benzene rings is 1. The molecule has 0 aliphatic rings. The van der Waals surface area contributed by atoms with E-state index in [1.54, 1.807) is 30.5 Å². The SMILES string of the molecule is NNC(=O)c1ccc(Cn2ccc3c(F)cccc32)o1. The minimum Gasteiger partial charge on any atom is -0.454 e. The molecule has 6 heteroatoms. The van der Waals surface area contributed by atoms with Gasteiger partial charge in [0, 0.05) is 11.6 Å². The Morgan fingerprint density at radius 1 is 1.30 bits per heavy atom. The van der Waals surface area contributed by atoms with Gasteiger partial charge in [-0.05, 0) is 30.3 Å². The van der Waals surface area contributed by atoms with E-state index in [4.69, 9.17) is 10.3 Å². The van der Waals surface area contributed by atoms with Crippen LogP contribution in [0.3, 0.4) is 0 Å². The molecule has 3 rings (SSSR count). The first kappa shape index (κ1) is 12.4. The van der Waals surface area contributed by atoms with Gasteiger partial charge in [-0.25, -0.2) is 10.2 Å². The first-order valence-electron chi connectivity index (χ1n) is 6.02. The van der Waals surface area contributed by atoms with E-state index in [0.717, 1.165) is 5.52 Å². The average molecular weight is 273 g/mol. The van der Waals surface area contributed by atoms with E-state index in [1.807, 2.05) is 16.1 Å². The van der Waals surface area contributed by atoms with Crippen molar-refractivity contribution in [3.05, 3.63) is 59.9 Å². The average Bonchev–Trinajstić information content (AvgIpc) is 3.07. The first-order valence-corrected chi connectivity index (χ1v) is 6.02. The maximum absolute atomic E-state index is 13.6. The van der Waals surface area contributed by atoms with Crippen molar-refractivity contribution in [3.8, 4) is 0 Å². The molecule has 0 fully saturated rings. The molecule has 5 nitrogen and oxygen atoms in total. The summed E-state index contributed by atoms with van der Waals surface area (Å²) in [6, 6.07) is 9.85. The molecule has 2 aromatic heterocycles. The van der Waals surface area contributed by atoms with E-state index in [-0.39, 0.29) is 11.6 Å². The monoisotopic (exact) mass is 273 g/mol. The summed E-state index contributed by atoms with van der Waals surface area (Å²) < 4.78 is 20.8. The van der Waals surface area contributed by atoms with Gasteiger partial charge in [0.15, 0.2) is 5.76 Å². The third-order valence-electron chi connectivity index (χ3n) is 3.10. The van der Waals surface area contributed by atoms with Crippen LogP contribution in [0.25, 0.3) is 10.9 Å². The van der Waals surface area contributed by atoms with Crippen molar-refractivity contribution in [2.24, 2.45) is 5.84 Å². The van der Waals surface area contributed by atoms with Crippen LogP contribution >= 0.6 is 0 Å². The topological polar surface area (TPSA) is 73.2 Å². The number of amides is 1. The number of carbonyl (C=O) groups excluding carboxylic acids is 1. The van der Waals surface area contributed by atoms with Gasteiger partial charge in [0.1, 0.15) is 11.6 Å². The molecule has 0 aliphatic carbocycles. The van der Waals surface area contributed by atoms with E-state index in [1.165, 1.54) is 6.07 Å². The second kappa shape index (κ2) is 4.82. The summed E-state index contributed by atoms with van der Waals surface area (Å²) in [4.78, 5) is 11.3. The number of nitrogens with two attached hydrogens (primary N) is 1. The van der Waals surface area contributed by atoms with E-state index < -0.39 is 5.91 Å². The minimum absolute atomic E-state index is 0.144. The Bertz CT molecular complexity index is 776. The van der Waals surface area contributed by atoms with Crippen molar-refractivity contribution in [2.45, 2.75) is 6.54 Å². The number of rotatable bonds is 3.